The predicted octanol–water partition coefficient (Wildman–Crippen LogP) is 1.16. The van der Waals surface area contributed by atoms with E-state index in [0.717, 1.165) is 43.1 Å². The van der Waals surface area contributed by atoms with Gasteiger partial charge in [-0.1, -0.05) is 0 Å². The second-order valence-electron chi connectivity index (χ2n) is 6.49. The highest BCUT2D eigenvalue weighted by molar-refractivity contribution is 7.88. The molecule has 0 spiro atoms. The van der Waals surface area contributed by atoms with E-state index in [0.29, 0.717) is 13.2 Å². The smallest absolute Gasteiger partial charge is 0.271 e. The van der Waals surface area contributed by atoms with E-state index in [9.17, 15) is 18.5 Å². The Morgan fingerprint density at radius 3 is 2.96 bits per heavy atom. The van der Waals surface area contributed by atoms with Crippen LogP contribution in [0.25, 0.3) is 10.9 Å². The standard InChI is InChI=1S/C15H21N5O4S/c1-25(23,24)17-8-12-3-2-6-18(10-12)11-19-15-7-14(20(21)22)5-4-13(15)9-16-19/h4-5,7,9,12,17H,2-3,6,8,10-11H2,1H3/t12-/m0/s1. The summed E-state index contributed by atoms with van der Waals surface area (Å²) < 4.78 is 26.8. The lowest BCUT2D eigenvalue weighted by Crippen LogP contribution is -2.41. The number of benzene rings is 1. The lowest BCUT2D eigenvalue weighted by molar-refractivity contribution is -0.384. The van der Waals surface area contributed by atoms with Crippen LogP contribution in [0.15, 0.2) is 24.4 Å². The highest BCUT2D eigenvalue weighted by atomic mass is 32.2. The molecule has 1 aromatic heterocycles. The van der Waals surface area contributed by atoms with Gasteiger partial charge in [-0.05, 0) is 31.4 Å². The molecule has 0 radical (unpaired) electrons. The SMILES string of the molecule is CS(=O)(=O)NC[C@@H]1CCCN(Cn2ncc3ccc([N+](=O)[O-])cc32)C1. The minimum absolute atomic E-state index is 0.0446. The van der Waals surface area contributed by atoms with Crippen molar-refractivity contribution in [3.05, 3.63) is 34.5 Å². The summed E-state index contributed by atoms with van der Waals surface area (Å²) in [7, 11) is -3.18. The van der Waals surface area contributed by atoms with Crippen LogP contribution in [0.5, 0.6) is 0 Å². The Hall–Kier alpha value is -2.04. The van der Waals surface area contributed by atoms with E-state index in [1.54, 1.807) is 16.9 Å². The number of nitrogens with one attached hydrogen (secondary N) is 1. The third-order valence-electron chi connectivity index (χ3n) is 4.41. The van der Waals surface area contributed by atoms with Crippen molar-refractivity contribution >= 4 is 26.6 Å². The molecule has 1 saturated heterocycles. The van der Waals surface area contributed by atoms with Crippen molar-refractivity contribution in [1.82, 2.24) is 19.4 Å². The van der Waals surface area contributed by atoms with Gasteiger partial charge in [0.05, 0.1) is 29.6 Å². The maximum absolute atomic E-state index is 11.3. The molecule has 1 fully saturated rings. The van der Waals surface area contributed by atoms with Gasteiger partial charge in [0.2, 0.25) is 10.0 Å². The van der Waals surface area contributed by atoms with Gasteiger partial charge >= 0.3 is 0 Å². The molecule has 10 heteroatoms. The summed E-state index contributed by atoms with van der Waals surface area (Å²) in [5.74, 6) is 0.250. The molecule has 0 bridgehead atoms. The maximum Gasteiger partial charge on any atom is 0.271 e. The number of nitro groups is 1. The molecule has 0 saturated carbocycles. The quantitative estimate of drug-likeness (QED) is 0.606. The minimum atomic E-state index is -3.18. The van der Waals surface area contributed by atoms with Gasteiger partial charge in [-0.3, -0.25) is 19.7 Å². The molecule has 1 aliphatic heterocycles. The van der Waals surface area contributed by atoms with Crippen LogP contribution in [-0.2, 0) is 16.7 Å². The fraction of sp³-hybridized carbons (Fsp3) is 0.533. The summed E-state index contributed by atoms with van der Waals surface area (Å²) >= 11 is 0. The summed E-state index contributed by atoms with van der Waals surface area (Å²) in [6.07, 6.45) is 4.82. The summed E-state index contributed by atoms with van der Waals surface area (Å²) in [6, 6.07) is 4.71. The molecule has 1 atom stereocenters. The van der Waals surface area contributed by atoms with Gasteiger partial charge in [0.25, 0.3) is 5.69 Å². The summed E-state index contributed by atoms with van der Waals surface area (Å²) in [4.78, 5) is 12.8. The van der Waals surface area contributed by atoms with Crippen LogP contribution in [0.3, 0.4) is 0 Å². The van der Waals surface area contributed by atoms with Crippen molar-refractivity contribution in [3.8, 4) is 0 Å². The highest BCUT2D eigenvalue weighted by Gasteiger charge is 2.22. The van der Waals surface area contributed by atoms with Crippen LogP contribution < -0.4 is 4.72 Å². The molecule has 0 amide bonds. The Kier molecular flexibility index (Phi) is 5.02. The molecule has 3 rings (SSSR count). The molecule has 2 heterocycles. The zero-order valence-electron chi connectivity index (χ0n) is 14.0. The Morgan fingerprint density at radius 2 is 2.24 bits per heavy atom. The second-order valence-corrected chi connectivity index (χ2v) is 8.32. The molecule has 0 unspecified atom stereocenters. The number of sulfonamides is 1. The van der Waals surface area contributed by atoms with E-state index >= 15 is 0 Å². The number of rotatable bonds is 6. The van der Waals surface area contributed by atoms with E-state index in [1.807, 2.05) is 0 Å². The fourth-order valence-corrected chi connectivity index (χ4v) is 3.73. The third-order valence-corrected chi connectivity index (χ3v) is 5.10. The van der Waals surface area contributed by atoms with Gasteiger partial charge in [-0.2, -0.15) is 5.10 Å². The largest absolute Gasteiger partial charge is 0.284 e. The fourth-order valence-electron chi connectivity index (χ4n) is 3.19. The van der Waals surface area contributed by atoms with Gasteiger partial charge in [-0.15, -0.1) is 0 Å². The van der Waals surface area contributed by atoms with Gasteiger partial charge < -0.3 is 0 Å². The molecule has 0 aliphatic carbocycles. The molecule has 2 aromatic rings. The topological polar surface area (TPSA) is 110 Å². The first kappa shape index (κ1) is 17.8. The van der Waals surface area contributed by atoms with Gasteiger partial charge in [0.15, 0.2) is 0 Å². The van der Waals surface area contributed by atoms with E-state index < -0.39 is 14.9 Å². The summed E-state index contributed by atoms with van der Waals surface area (Å²) in [5, 5.41) is 16.2. The van der Waals surface area contributed by atoms with Crippen molar-refractivity contribution in [2.24, 2.45) is 5.92 Å². The van der Waals surface area contributed by atoms with Crippen molar-refractivity contribution in [3.63, 3.8) is 0 Å². The zero-order chi connectivity index (χ0) is 18.0. The predicted molar refractivity (Wildman–Crippen MR) is 93.5 cm³/mol. The first-order chi connectivity index (χ1) is 11.8. The van der Waals surface area contributed by atoms with Crippen LogP contribution in [0.1, 0.15) is 12.8 Å². The number of hydrogen-bond acceptors (Lipinski definition) is 6. The molecule has 9 nitrogen and oxygen atoms in total. The third kappa shape index (κ3) is 4.53. The molecular formula is C15H21N5O4S. The van der Waals surface area contributed by atoms with Crippen molar-refractivity contribution in [2.75, 3.05) is 25.9 Å². The van der Waals surface area contributed by atoms with E-state index in [4.69, 9.17) is 0 Å². The summed E-state index contributed by atoms with van der Waals surface area (Å²) in [5.41, 5.74) is 0.772. The van der Waals surface area contributed by atoms with E-state index in [2.05, 4.69) is 14.7 Å². The van der Waals surface area contributed by atoms with Crippen LogP contribution in [-0.4, -0.2) is 53.9 Å². The lowest BCUT2D eigenvalue weighted by Gasteiger charge is -2.32. The molecule has 1 aliphatic rings. The molecule has 1 N–H and O–H groups in total. The van der Waals surface area contributed by atoms with Crippen molar-refractivity contribution in [1.29, 1.82) is 0 Å². The number of nitrogens with zero attached hydrogens (tertiary/aromatic N) is 4. The van der Waals surface area contributed by atoms with Crippen LogP contribution in [0, 0.1) is 16.0 Å². The molecular weight excluding hydrogens is 346 g/mol. The van der Waals surface area contributed by atoms with Crippen molar-refractivity contribution in [2.45, 2.75) is 19.5 Å². The Labute approximate surface area is 145 Å². The number of piperidine rings is 1. The first-order valence-electron chi connectivity index (χ1n) is 8.09. The minimum Gasteiger partial charge on any atom is -0.284 e. The molecule has 25 heavy (non-hydrogen) atoms. The second kappa shape index (κ2) is 7.06. The number of non-ortho nitro benzene ring substituents is 1. The first-order valence-corrected chi connectivity index (χ1v) is 9.98. The number of hydrogen-bond donors (Lipinski definition) is 1. The molecule has 136 valence electrons. The van der Waals surface area contributed by atoms with Gasteiger partial charge in [0.1, 0.15) is 0 Å². The Morgan fingerprint density at radius 1 is 1.44 bits per heavy atom. The monoisotopic (exact) mass is 367 g/mol. The number of likely N-dealkylation sites (tertiary alicyclic amines) is 1. The van der Waals surface area contributed by atoms with Gasteiger partial charge in [-0.25, -0.2) is 13.1 Å². The zero-order valence-corrected chi connectivity index (χ0v) is 14.8. The van der Waals surface area contributed by atoms with E-state index in [-0.39, 0.29) is 11.6 Å². The maximum atomic E-state index is 11.3. The average molecular weight is 367 g/mol. The Bertz CT molecular complexity index is 879. The Balaban J connectivity index is 1.70. The van der Waals surface area contributed by atoms with Crippen LogP contribution in [0.2, 0.25) is 0 Å². The van der Waals surface area contributed by atoms with E-state index in [1.165, 1.54) is 12.1 Å². The van der Waals surface area contributed by atoms with Crippen LogP contribution >= 0.6 is 0 Å². The molecule has 1 aromatic carbocycles. The van der Waals surface area contributed by atoms with Crippen LogP contribution in [0.4, 0.5) is 5.69 Å². The van der Waals surface area contributed by atoms with Crippen molar-refractivity contribution < 1.29 is 13.3 Å². The summed E-state index contributed by atoms with van der Waals surface area (Å²) in [6.45, 7) is 2.62. The van der Waals surface area contributed by atoms with Gasteiger partial charge in [0, 0.05) is 30.6 Å². The number of fused-ring (bicyclic) bond motifs is 1. The number of nitro benzene ring substituents is 1. The number of aromatic nitrogens is 2. The highest BCUT2D eigenvalue weighted by Crippen LogP contribution is 2.22. The lowest BCUT2D eigenvalue weighted by atomic mass is 9.99. The average Bonchev–Trinajstić information content (AvgIpc) is 2.95. The normalized spacial score (nSPS) is 19.3.